The third kappa shape index (κ3) is 3.78. The SMILES string of the molecule is CCOCCn1c(=NC(=O)c2snnc2C)sc2cc(OC)ccc21. The van der Waals surface area contributed by atoms with Crippen molar-refractivity contribution in [3.8, 4) is 5.75 Å². The van der Waals surface area contributed by atoms with E-state index in [1.165, 1.54) is 11.3 Å². The number of amides is 1. The molecular formula is C16H18N4O3S2. The van der Waals surface area contributed by atoms with E-state index in [2.05, 4.69) is 14.6 Å². The molecule has 0 spiro atoms. The maximum absolute atomic E-state index is 12.5. The van der Waals surface area contributed by atoms with Crippen molar-refractivity contribution < 1.29 is 14.3 Å². The summed E-state index contributed by atoms with van der Waals surface area (Å²) >= 11 is 2.51. The van der Waals surface area contributed by atoms with Crippen LogP contribution in [0.5, 0.6) is 5.75 Å². The molecule has 0 aliphatic heterocycles. The van der Waals surface area contributed by atoms with Crippen molar-refractivity contribution in [3.63, 3.8) is 0 Å². The average Bonchev–Trinajstić information content (AvgIpc) is 3.18. The fourth-order valence-corrected chi connectivity index (χ4v) is 3.97. The smallest absolute Gasteiger partial charge is 0.293 e. The molecular weight excluding hydrogens is 360 g/mol. The number of hydrogen-bond donors (Lipinski definition) is 0. The van der Waals surface area contributed by atoms with Crippen molar-refractivity contribution in [2.45, 2.75) is 20.4 Å². The summed E-state index contributed by atoms with van der Waals surface area (Å²) in [5.41, 5.74) is 1.60. The molecule has 0 fully saturated rings. The molecule has 0 saturated carbocycles. The molecule has 3 rings (SSSR count). The van der Waals surface area contributed by atoms with Gasteiger partial charge in [0.05, 0.1) is 29.6 Å². The molecule has 0 saturated heterocycles. The van der Waals surface area contributed by atoms with Crippen LogP contribution in [0.4, 0.5) is 0 Å². The third-order valence-corrected chi connectivity index (χ3v) is 5.45. The molecule has 7 nitrogen and oxygen atoms in total. The van der Waals surface area contributed by atoms with Crippen LogP contribution in [-0.2, 0) is 11.3 Å². The Balaban J connectivity index is 2.08. The lowest BCUT2D eigenvalue weighted by atomic mass is 10.3. The Morgan fingerprint density at radius 1 is 1.40 bits per heavy atom. The van der Waals surface area contributed by atoms with Gasteiger partial charge in [0.2, 0.25) is 0 Å². The van der Waals surface area contributed by atoms with Crippen LogP contribution < -0.4 is 9.54 Å². The standard InChI is InChI=1S/C16H18N4O3S2/c1-4-23-8-7-20-12-6-5-11(22-3)9-13(12)24-16(20)17-15(21)14-10(2)18-19-25-14/h5-6,9H,4,7-8H2,1-3H3. The lowest BCUT2D eigenvalue weighted by Crippen LogP contribution is -2.19. The fourth-order valence-electron chi connectivity index (χ4n) is 2.35. The molecule has 0 bridgehead atoms. The van der Waals surface area contributed by atoms with E-state index in [1.54, 1.807) is 14.0 Å². The average molecular weight is 378 g/mol. The number of rotatable bonds is 6. The highest BCUT2D eigenvalue weighted by atomic mass is 32.1. The Labute approximate surface area is 152 Å². The van der Waals surface area contributed by atoms with Gasteiger partial charge in [-0.25, -0.2) is 0 Å². The maximum atomic E-state index is 12.5. The van der Waals surface area contributed by atoms with Gasteiger partial charge in [0, 0.05) is 13.2 Å². The predicted molar refractivity (Wildman–Crippen MR) is 97.4 cm³/mol. The second-order valence-electron chi connectivity index (χ2n) is 5.17. The van der Waals surface area contributed by atoms with Crippen LogP contribution >= 0.6 is 22.9 Å². The van der Waals surface area contributed by atoms with Crippen LogP contribution in [0.3, 0.4) is 0 Å². The van der Waals surface area contributed by atoms with Crippen LogP contribution in [0.2, 0.25) is 0 Å². The Bertz CT molecular complexity index is 958. The first-order valence-electron chi connectivity index (χ1n) is 7.77. The number of nitrogens with zero attached hydrogens (tertiary/aromatic N) is 4. The first-order valence-corrected chi connectivity index (χ1v) is 9.36. The molecule has 2 aromatic heterocycles. The summed E-state index contributed by atoms with van der Waals surface area (Å²) in [4.78, 5) is 17.9. The predicted octanol–water partition coefficient (Wildman–Crippen LogP) is 2.65. The zero-order chi connectivity index (χ0) is 17.8. The maximum Gasteiger partial charge on any atom is 0.293 e. The Hall–Kier alpha value is -2.10. The molecule has 9 heteroatoms. The van der Waals surface area contributed by atoms with Crippen molar-refractivity contribution in [3.05, 3.63) is 33.6 Å². The van der Waals surface area contributed by atoms with Gasteiger partial charge in [-0.3, -0.25) is 4.79 Å². The Morgan fingerprint density at radius 3 is 2.92 bits per heavy atom. The van der Waals surface area contributed by atoms with E-state index >= 15 is 0 Å². The monoisotopic (exact) mass is 378 g/mol. The van der Waals surface area contributed by atoms with Crippen LogP contribution in [0.1, 0.15) is 22.3 Å². The molecule has 0 radical (unpaired) electrons. The number of methoxy groups -OCH3 is 1. The van der Waals surface area contributed by atoms with Crippen molar-refractivity contribution >= 4 is 39.0 Å². The molecule has 0 aliphatic rings. The van der Waals surface area contributed by atoms with E-state index in [1.807, 2.05) is 29.7 Å². The summed E-state index contributed by atoms with van der Waals surface area (Å²) in [6.45, 7) is 5.53. The molecule has 0 unspecified atom stereocenters. The van der Waals surface area contributed by atoms with E-state index in [0.717, 1.165) is 27.5 Å². The number of fused-ring (bicyclic) bond motifs is 1. The van der Waals surface area contributed by atoms with Crippen molar-refractivity contribution in [1.29, 1.82) is 0 Å². The molecule has 0 aliphatic carbocycles. The molecule has 0 atom stereocenters. The zero-order valence-corrected chi connectivity index (χ0v) is 15.8. The van der Waals surface area contributed by atoms with E-state index in [9.17, 15) is 4.79 Å². The van der Waals surface area contributed by atoms with Crippen LogP contribution in [0.25, 0.3) is 10.2 Å². The zero-order valence-electron chi connectivity index (χ0n) is 14.2. The summed E-state index contributed by atoms with van der Waals surface area (Å²) in [5.74, 6) is 0.447. The Kier molecular flexibility index (Phi) is 5.57. The summed E-state index contributed by atoms with van der Waals surface area (Å²) in [6.07, 6.45) is 0. The highest BCUT2D eigenvalue weighted by Gasteiger charge is 2.14. The minimum Gasteiger partial charge on any atom is -0.497 e. The van der Waals surface area contributed by atoms with E-state index < -0.39 is 0 Å². The first-order chi connectivity index (χ1) is 12.1. The third-order valence-electron chi connectivity index (χ3n) is 3.60. The van der Waals surface area contributed by atoms with Crippen molar-refractivity contribution in [1.82, 2.24) is 14.2 Å². The van der Waals surface area contributed by atoms with Crippen molar-refractivity contribution in [2.24, 2.45) is 4.99 Å². The highest BCUT2D eigenvalue weighted by molar-refractivity contribution is 7.16. The summed E-state index contributed by atoms with van der Waals surface area (Å²) < 4.78 is 17.6. The quantitative estimate of drug-likeness (QED) is 0.616. The number of carbonyl (C=O) groups is 1. The van der Waals surface area contributed by atoms with Gasteiger partial charge >= 0.3 is 0 Å². The lowest BCUT2D eigenvalue weighted by Gasteiger charge is -2.06. The second kappa shape index (κ2) is 7.85. The number of aromatic nitrogens is 3. The normalized spacial score (nSPS) is 12.0. The topological polar surface area (TPSA) is 78.6 Å². The highest BCUT2D eigenvalue weighted by Crippen LogP contribution is 2.23. The molecule has 1 aromatic carbocycles. The number of ether oxygens (including phenoxy) is 2. The van der Waals surface area contributed by atoms with Gasteiger partial charge in [-0.05, 0) is 43.6 Å². The van der Waals surface area contributed by atoms with E-state index in [4.69, 9.17) is 9.47 Å². The van der Waals surface area contributed by atoms with E-state index in [-0.39, 0.29) is 5.91 Å². The van der Waals surface area contributed by atoms with Gasteiger partial charge in [0.25, 0.3) is 5.91 Å². The molecule has 3 aromatic rings. The minimum absolute atomic E-state index is 0.323. The summed E-state index contributed by atoms with van der Waals surface area (Å²) in [6, 6.07) is 5.81. The van der Waals surface area contributed by atoms with Crippen molar-refractivity contribution in [2.75, 3.05) is 20.3 Å². The van der Waals surface area contributed by atoms with Gasteiger partial charge in [0.15, 0.2) is 4.80 Å². The van der Waals surface area contributed by atoms with E-state index in [0.29, 0.717) is 35.1 Å². The largest absolute Gasteiger partial charge is 0.497 e. The molecule has 2 heterocycles. The Morgan fingerprint density at radius 2 is 2.24 bits per heavy atom. The molecule has 0 N–H and O–H groups in total. The number of hydrogen-bond acceptors (Lipinski definition) is 7. The lowest BCUT2D eigenvalue weighted by molar-refractivity contribution is 0.0999. The van der Waals surface area contributed by atoms with Gasteiger partial charge < -0.3 is 14.0 Å². The molecule has 132 valence electrons. The van der Waals surface area contributed by atoms with Gasteiger partial charge in [-0.15, -0.1) is 5.10 Å². The van der Waals surface area contributed by atoms with Gasteiger partial charge in [-0.1, -0.05) is 15.8 Å². The fraction of sp³-hybridized carbons (Fsp3) is 0.375. The van der Waals surface area contributed by atoms with Gasteiger partial charge in [-0.2, -0.15) is 4.99 Å². The van der Waals surface area contributed by atoms with Crippen LogP contribution in [0.15, 0.2) is 23.2 Å². The molecule has 1 amide bonds. The summed E-state index contributed by atoms with van der Waals surface area (Å²) in [5, 5.41) is 3.88. The summed E-state index contributed by atoms with van der Waals surface area (Å²) in [7, 11) is 1.63. The minimum atomic E-state index is -0.323. The van der Waals surface area contributed by atoms with Gasteiger partial charge in [0.1, 0.15) is 10.6 Å². The second-order valence-corrected chi connectivity index (χ2v) is 6.93. The van der Waals surface area contributed by atoms with Crippen LogP contribution in [0, 0.1) is 6.92 Å². The number of aryl methyl sites for hydroxylation is 1. The number of thiazole rings is 1. The first kappa shape index (κ1) is 17.7. The van der Waals surface area contributed by atoms with Crippen LogP contribution in [-0.4, -0.2) is 40.4 Å². The molecule has 25 heavy (non-hydrogen) atoms. The number of carbonyl (C=O) groups excluding carboxylic acids is 1. The number of benzene rings is 1.